The zero-order valence-corrected chi connectivity index (χ0v) is 15.2. The van der Waals surface area contributed by atoms with E-state index in [9.17, 15) is 4.79 Å². The van der Waals surface area contributed by atoms with Gasteiger partial charge in [-0.2, -0.15) is 5.10 Å². The lowest BCUT2D eigenvalue weighted by Gasteiger charge is -2.23. The SMILES string of the molecule is COCCN(Cc1cnn(C)c1)C(=O)c1ccc(C(C)(C)C)cc1. The number of aryl methyl sites for hydroxylation is 1. The maximum absolute atomic E-state index is 12.9. The number of rotatable bonds is 6. The second-order valence-corrected chi connectivity index (χ2v) is 7.07. The summed E-state index contributed by atoms with van der Waals surface area (Å²) < 4.78 is 6.89. The molecule has 2 aromatic rings. The maximum Gasteiger partial charge on any atom is 0.254 e. The monoisotopic (exact) mass is 329 g/mol. The van der Waals surface area contributed by atoms with E-state index in [0.29, 0.717) is 25.3 Å². The first kappa shape index (κ1) is 18.2. The molecule has 5 heteroatoms. The van der Waals surface area contributed by atoms with Crippen LogP contribution in [0.1, 0.15) is 42.3 Å². The summed E-state index contributed by atoms with van der Waals surface area (Å²) in [5, 5.41) is 4.17. The Labute approximate surface area is 144 Å². The number of benzene rings is 1. The molecule has 1 aromatic carbocycles. The van der Waals surface area contributed by atoms with Crippen LogP contribution in [0.2, 0.25) is 0 Å². The molecule has 0 radical (unpaired) electrons. The van der Waals surface area contributed by atoms with Crippen LogP contribution < -0.4 is 0 Å². The van der Waals surface area contributed by atoms with Crippen molar-refractivity contribution in [3.8, 4) is 0 Å². The Bertz CT molecular complexity index is 669. The van der Waals surface area contributed by atoms with E-state index in [-0.39, 0.29) is 11.3 Å². The number of nitrogens with zero attached hydrogens (tertiary/aromatic N) is 3. The Morgan fingerprint density at radius 1 is 1.25 bits per heavy atom. The number of ether oxygens (including phenoxy) is 1. The fraction of sp³-hybridized carbons (Fsp3) is 0.474. The second-order valence-electron chi connectivity index (χ2n) is 7.07. The van der Waals surface area contributed by atoms with Crippen molar-refractivity contribution in [2.24, 2.45) is 7.05 Å². The number of aromatic nitrogens is 2. The molecule has 0 aliphatic rings. The Morgan fingerprint density at radius 2 is 1.92 bits per heavy atom. The lowest BCUT2D eigenvalue weighted by atomic mass is 9.86. The van der Waals surface area contributed by atoms with Gasteiger partial charge in [0.2, 0.25) is 0 Å². The van der Waals surface area contributed by atoms with Gasteiger partial charge in [0.05, 0.1) is 12.8 Å². The summed E-state index contributed by atoms with van der Waals surface area (Å²) in [4.78, 5) is 14.7. The summed E-state index contributed by atoms with van der Waals surface area (Å²) in [5.41, 5.74) is 3.00. The van der Waals surface area contributed by atoms with Gasteiger partial charge in [0.25, 0.3) is 5.91 Å². The molecule has 0 saturated carbocycles. The standard InChI is InChI=1S/C19H27N3O2/c1-19(2,3)17-8-6-16(7-9-17)18(23)22(10-11-24-5)14-15-12-20-21(4)13-15/h6-9,12-13H,10-11,14H2,1-5H3. The molecule has 0 fully saturated rings. The smallest absolute Gasteiger partial charge is 0.254 e. The number of carbonyl (C=O) groups is 1. The molecule has 0 atom stereocenters. The molecule has 0 aliphatic carbocycles. The highest BCUT2D eigenvalue weighted by Crippen LogP contribution is 2.22. The molecule has 0 bridgehead atoms. The van der Waals surface area contributed by atoms with Crippen LogP contribution in [0.15, 0.2) is 36.7 Å². The number of methoxy groups -OCH3 is 1. The topological polar surface area (TPSA) is 47.4 Å². The first-order chi connectivity index (χ1) is 11.3. The summed E-state index contributed by atoms with van der Waals surface area (Å²) in [6.07, 6.45) is 3.71. The largest absolute Gasteiger partial charge is 0.383 e. The summed E-state index contributed by atoms with van der Waals surface area (Å²) in [7, 11) is 3.51. The minimum absolute atomic E-state index is 0.0105. The van der Waals surface area contributed by atoms with Crippen molar-refractivity contribution in [3.05, 3.63) is 53.3 Å². The van der Waals surface area contributed by atoms with E-state index in [4.69, 9.17) is 4.74 Å². The van der Waals surface area contributed by atoms with Crippen LogP contribution in [0.3, 0.4) is 0 Å². The fourth-order valence-corrected chi connectivity index (χ4v) is 2.52. The van der Waals surface area contributed by atoms with Gasteiger partial charge in [0, 0.05) is 44.6 Å². The summed E-state index contributed by atoms with van der Waals surface area (Å²) in [6, 6.07) is 7.88. The highest BCUT2D eigenvalue weighted by molar-refractivity contribution is 5.94. The van der Waals surface area contributed by atoms with Crippen LogP contribution in [0, 0.1) is 0 Å². The lowest BCUT2D eigenvalue weighted by molar-refractivity contribution is 0.0680. The van der Waals surface area contributed by atoms with Crippen LogP contribution in [0.4, 0.5) is 0 Å². The van der Waals surface area contributed by atoms with Gasteiger partial charge in [-0.15, -0.1) is 0 Å². The van der Waals surface area contributed by atoms with Crippen LogP contribution in [-0.4, -0.2) is 40.8 Å². The molecule has 130 valence electrons. The zero-order valence-electron chi connectivity index (χ0n) is 15.2. The average Bonchev–Trinajstić information content (AvgIpc) is 2.95. The van der Waals surface area contributed by atoms with Gasteiger partial charge in [0.15, 0.2) is 0 Å². The molecule has 5 nitrogen and oxygen atoms in total. The normalized spacial score (nSPS) is 11.5. The number of amides is 1. The Balaban J connectivity index is 2.17. The molecule has 1 aromatic heterocycles. The molecular weight excluding hydrogens is 302 g/mol. The summed E-state index contributed by atoms with van der Waals surface area (Å²) in [6.45, 7) is 8.07. The molecule has 0 unspecified atom stereocenters. The molecule has 1 amide bonds. The minimum Gasteiger partial charge on any atom is -0.383 e. The summed E-state index contributed by atoms with van der Waals surface area (Å²) in [5.74, 6) is 0.0105. The van der Waals surface area contributed by atoms with Crippen LogP contribution in [0.5, 0.6) is 0 Å². The van der Waals surface area contributed by atoms with Crippen molar-refractivity contribution in [3.63, 3.8) is 0 Å². The van der Waals surface area contributed by atoms with Crippen LogP contribution in [0.25, 0.3) is 0 Å². The van der Waals surface area contributed by atoms with Gasteiger partial charge in [-0.25, -0.2) is 0 Å². The number of carbonyl (C=O) groups excluding carboxylic acids is 1. The second kappa shape index (κ2) is 7.62. The van der Waals surface area contributed by atoms with Crippen molar-refractivity contribution in [1.82, 2.24) is 14.7 Å². The van der Waals surface area contributed by atoms with Crippen LogP contribution in [-0.2, 0) is 23.7 Å². The van der Waals surface area contributed by atoms with E-state index in [1.807, 2.05) is 37.5 Å². The highest BCUT2D eigenvalue weighted by Gasteiger charge is 2.18. The number of hydrogen-bond acceptors (Lipinski definition) is 3. The van der Waals surface area contributed by atoms with E-state index in [2.05, 4.69) is 25.9 Å². The first-order valence-electron chi connectivity index (χ1n) is 8.17. The summed E-state index contributed by atoms with van der Waals surface area (Å²) >= 11 is 0. The zero-order chi connectivity index (χ0) is 17.7. The highest BCUT2D eigenvalue weighted by atomic mass is 16.5. The van der Waals surface area contributed by atoms with E-state index in [1.54, 1.807) is 22.9 Å². The predicted molar refractivity (Wildman–Crippen MR) is 95.0 cm³/mol. The quantitative estimate of drug-likeness (QED) is 0.818. The first-order valence-corrected chi connectivity index (χ1v) is 8.17. The molecular formula is C19H27N3O2. The maximum atomic E-state index is 12.9. The third-order valence-electron chi connectivity index (χ3n) is 3.98. The van der Waals surface area contributed by atoms with Crippen molar-refractivity contribution in [2.45, 2.75) is 32.7 Å². The molecule has 24 heavy (non-hydrogen) atoms. The van der Waals surface area contributed by atoms with Crippen molar-refractivity contribution in [2.75, 3.05) is 20.3 Å². The van der Waals surface area contributed by atoms with E-state index in [1.165, 1.54) is 5.56 Å². The van der Waals surface area contributed by atoms with Crippen molar-refractivity contribution >= 4 is 5.91 Å². The van der Waals surface area contributed by atoms with Gasteiger partial charge in [0.1, 0.15) is 0 Å². The minimum atomic E-state index is 0.0105. The number of hydrogen-bond donors (Lipinski definition) is 0. The lowest BCUT2D eigenvalue weighted by Crippen LogP contribution is -2.33. The predicted octanol–water partition coefficient (Wildman–Crippen LogP) is 3.01. The third-order valence-corrected chi connectivity index (χ3v) is 3.98. The van der Waals surface area contributed by atoms with Gasteiger partial charge >= 0.3 is 0 Å². The van der Waals surface area contributed by atoms with E-state index >= 15 is 0 Å². The van der Waals surface area contributed by atoms with E-state index in [0.717, 1.165) is 5.56 Å². The van der Waals surface area contributed by atoms with Gasteiger partial charge in [-0.05, 0) is 23.1 Å². The van der Waals surface area contributed by atoms with Crippen molar-refractivity contribution < 1.29 is 9.53 Å². The van der Waals surface area contributed by atoms with Crippen molar-refractivity contribution in [1.29, 1.82) is 0 Å². The Kier molecular flexibility index (Phi) is 5.78. The average molecular weight is 329 g/mol. The Morgan fingerprint density at radius 3 is 2.42 bits per heavy atom. The van der Waals surface area contributed by atoms with Gasteiger partial charge in [-0.1, -0.05) is 32.9 Å². The Hall–Kier alpha value is -2.14. The van der Waals surface area contributed by atoms with E-state index < -0.39 is 0 Å². The molecule has 0 aliphatic heterocycles. The molecule has 2 rings (SSSR count). The molecule has 1 heterocycles. The molecule has 0 spiro atoms. The fourth-order valence-electron chi connectivity index (χ4n) is 2.52. The van der Waals surface area contributed by atoms with Crippen LogP contribution >= 0.6 is 0 Å². The third kappa shape index (κ3) is 4.68. The van der Waals surface area contributed by atoms with Gasteiger partial charge in [-0.3, -0.25) is 9.48 Å². The van der Waals surface area contributed by atoms with Gasteiger partial charge < -0.3 is 9.64 Å². The molecule has 0 saturated heterocycles. The molecule has 0 N–H and O–H groups in total.